The summed E-state index contributed by atoms with van der Waals surface area (Å²) in [5, 5.41) is 1.10. The van der Waals surface area contributed by atoms with E-state index in [2.05, 4.69) is 11.1 Å². The molecule has 1 saturated heterocycles. The molecule has 1 aliphatic heterocycles. The molecular formula is C16H20N2O2S. The van der Waals surface area contributed by atoms with Crippen LogP contribution in [0.5, 0.6) is 5.75 Å². The summed E-state index contributed by atoms with van der Waals surface area (Å²) in [6.07, 6.45) is 2.78. The van der Waals surface area contributed by atoms with E-state index in [-0.39, 0.29) is 0 Å². The second-order valence-electron chi connectivity index (χ2n) is 5.24. The van der Waals surface area contributed by atoms with E-state index in [1.54, 1.807) is 7.11 Å². The molecule has 0 saturated carbocycles. The third-order valence-corrected chi connectivity index (χ3v) is 4.85. The van der Waals surface area contributed by atoms with E-state index in [1.165, 1.54) is 12.8 Å². The highest BCUT2D eigenvalue weighted by atomic mass is 32.2. The molecule has 1 aliphatic rings. The molecule has 2 heterocycles. The molecule has 1 atom stereocenters. The summed E-state index contributed by atoms with van der Waals surface area (Å²) in [6.45, 7) is 0.909. The van der Waals surface area contributed by atoms with Gasteiger partial charge in [0.25, 0.3) is 0 Å². The number of nitrogens with two attached hydrogens (primary N) is 1. The number of anilines is 1. The molecule has 1 unspecified atom stereocenters. The number of nitrogen functional groups attached to an aromatic ring is 1. The summed E-state index contributed by atoms with van der Waals surface area (Å²) < 4.78 is 10.9. The predicted octanol–water partition coefficient (Wildman–Crippen LogP) is 3.24. The van der Waals surface area contributed by atoms with Crippen LogP contribution in [0.25, 0.3) is 10.9 Å². The summed E-state index contributed by atoms with van der Waals surface area (Å²) in [4.78, 5) is 4.49. The minimum atomic E-state index is 0.411. The van der Waals surface area contributed by atoms with Crippen molar-refractivity contribution in [2.75, 3.05) is 25.2 Å². The third-order valence-electron chi connectivity index (χ3n) is 3.72. The van der Waals surface area contributed by atoms with Gasteiger partial charge < -0.3 is 15.2 Å². The average Bonchev–Trinajstić information content (AvgIpc) is 3.00. The number of aromatic nitrogens is 1. The van der Waals surface area contributed by atoms with E-state index >= 15 is 0 Å². The molecule has 0 aliphatic carbocycles. The van der Waals surface area contributed by atoms with Gasteiger partial charge in [0, 0.05) is 35.1 Å². The van der Waals surface area contributed by atoms with Gasteiger partial charge in [-0.3, -0.25) is 0 Å². The normalized spacial score (nSPS) is 18.2. The van der Waals surface area contributed by atoms with E-state index in [1.807, 2.05) is 30.0 Å². The number of fused-ring (bicyclic) bond motifs is 1. The van der Waals surface area contributed by atoms with Crippen molar-refractivity contribution in [1.29, 1.82) is 0 Å². The number of hydrogen-bond donors (Lipinski definition) is 1. The lowest BCUT2D eigenvalue weighted by molar-refractivity contribution is 0.129. The van der Waals surface area contributed by atoms with Crippen molar-refractivity contribution < 1.29 is 9.47 Å². The van der Waals surface area contributed by atoms with Gasteiger partial charge in [-0.2, -0.15) is 11.8 Å². The van der Waals surface area contributed by atoms with E-state index in [9.17, 15) is 0 Å². The lowest BCUT2D eigenvalue weighted by Gasteiger charge is -2.11. The average molecular weight is 304 g/mol. The predicted molar refractivity (Wildman–Crippen MR) is 87.8 cm³/mol. The zero-order valence-corrected chi connectivity index (χ0v) is 13.0. The number of rotatable bonds is 5. The van der Waals surface area contributed by atoms with Crippen molar-refractivity contribution in [2.45, 2.75) is 24.7 Å². The van der Waals surface area contributed by atoms with E-state index < -0.39 is 0 Å². The van der Waals surface area contributed by atoms with Gasteiger partial charge in [0.05, 0.1) is 18.7 Å². The Balaban J connectivity index is 1.71. The molecule has 21 heavy (non-hydrogen) atoms. The van der Waals surface area contributed by atoms with Crippen molar-refractivity contribution in [2.24, 2.45) is 0 Å². The monoisotopic (exact) mass is 304 g/mol. The molecule has 112 valence electrons. The summed E-state index contributed by atoms with van der Waals surface area (Å²) >= 11 is 1.86. The van der Waals surface area contributed by atoms with Crippen molar-refractivity contribution in [1.82, 2.24) is 4.98 Å². The second kappa shape index (κ2) is 6.54. The number of thioether (sulfide) groups is 1. The minimum Gasteiger partial charge on any atom is -0.497 e. The van der Waals surface area contributed by atoms with Crippen LogP contribution < -0.4 is 10.5 Å². The van der Waals surface area contributed by atoms with Crippen molar-refractivity contribution >= 4 is 28.5 Å². The SMILES string of the molecule is COc1ccc2cc(CSCC3CCCO3)c(N)nc2c1. The fourth-order valence-corrected chi connectivity index (χ4v) is 3.62. The van der Waals surface area contributed by atoms with Crippen molar-refractivity contribution in [3.63, 3.8) is 0 Å². The third kappa shape index (κ3) is 3.41. The first-order valence-electron chi connectivity index (χ1n) is 7.19. The first-order valence-corrected chi connectivity index (χ1v) is 8.34. The molecule has 2 aromatic rings. The Bertz CT molecular complexity index is 627. The Kier molecular flexibility index (Phi) is 4.51. The number of pyridine rings is 1. The Morgan fingerprint density at radius 1 is 1.43 bits per heavy atom. The Hall–Kier alpha value is -1.46. The maximum Gasteiger partial charge on any atom is 0.128 e. The van der Waals surface area contributed by atoms with Gasteiger partial charge in [0.1, 0.15) is 11.6 Å². The Labute approximate surface area is 129 Å². The maximum absolute atomic E-state index is 6.08. The molecule has 0 bridgehead atoms. The van der Waals surface area contributed by atoms with Crippen LogP contribution in [0.3, 0.4) is 0 Å². The van der Waals surface area contributed by atoms with Gasteiger partial charge >= 0.3 is 0 Å². The Morgan fingerprint density at radius 2 is 2.33 bits per heavy atom. The van der Waals surface area contributed by atoms with E-state index in [4.69, 9.17) is 15.2 Å². The number of benzene rings is 1. The molecule has 5 heteroatoms. The van der Waals surface area contributed by atoms with Crippen molar-refractivity contribution in [3.05, 3.63) is 29.8 Å². The van der Waals surface area contributed by atoms with Gasteiger partial charge in [-0.05, 0) is 31.0 Å². The van der Waals surface area contributed by atoms with E-state index in [0.29, 0.717) is 11.9 Å². The molecule has 3 rings (SSSR count). The topological polar surface area (TPSA) is 57.4 Å². The van der Waals surface area contributed by atoms with Gasteiger partial charge in [-0.1, -0.05) is 0 Å². The van der Waals surface area contributed by atoms with Gasteiger partial charge in [0.15, 0.2) is 0 Å². The zero-order chi connectivity index (χ0) is 14.7. The minimum absolute atomic E-state index is 0.411. The summed E-state index contributed by atoms with van der Waals surface area (Å²) in [5.41, 5.74) is 8.04. The fraction of sp³-hybridized carbons (Fsp3) is 0.438. The largest absolute Gasteiger partial charge is 0.497 e. The van der Waals surface area contributed by atoms with Crippen LogP contribution in [0.2, 0.25) is 0 Å². The van der Waals surface area contributed by atoms with Crippen LogP contribution in [0.4, 0.5) is 5.82 Å². The molecular weight excluding hydrogens is 284 g/mol. The maximum atomic E-state index is 6.08. The molecule has 4 nitrogen and oxygen atoms in total. The first-order chi connectivity index (χ1) is 10.3. The van der Waals surface area contributed by atoms with Crippen LogP contribution in [-0.2, 0) is 10.5 Å². The summed E-state index contributed by atoms with van der Waals surface area (Å²) in [5.74, 6) is 3.31. The van der Waals surface area contributed by atoms with E-state index in [0.717, 1.165) is 40.3 Å². The van der Waals surface area contributed by atoms with Crippen molar-refractivity contribution in [3.8, 4) is 5.75 Å². The molecule has 0 radical (unpaired) electrons. The highest BCUT2D eigenvalue weighted by Gasteiger charge is 2.15. The van der Waals surface area contributed by atoms with Crippen LogP contribution in [-0.4, -0.2) is 30.6 Å². The number of ether oxygens (including phenoxy) is 2. The molecule has 1 fully saturated rings. The van der Waals surface area contributed by atoms with Gasteiger partial charge in [0.2, 0.25) is 0 Å². The number of methoxy groups -OCH3 is 1. The van der Waals surface area contributed by atoms with Crippen LogP contribution in [0.15, 0.2) is 24.3 Å². The van der Waals surface area contributed by atoms with Crippen LogP contribution in [0.1, 0.15) is 18.4 Å². The lowest BCUT2D eigenvalue weighted by Crippen LogP contribution is -2.08. The number of nitrogens with zero attached hydrogens (tertiary/aromatic N) is 1. The molecule has 0 amide bonds. The quantitative estimate of drug-likeness (QED) is 0.919. The van der Waals surface area contributed by atoms with Crippen LogP contribution >= 0.6 is 11.8 Å². The highest BCUT2D eigenvalue weighted by molar-refractivity contribution is 7.98. The highest BCUT2D eigenvalue weighted by Crippen LogP contribution is 2.26. The lowest BCUT2D eigenvalue weighted by atomic mass is 10.1. The molecule has 1 aromatic carbocycles. The van der Waals surface area contributed by atoms with Gasteiger partial charge in [-0.25, -0.2) is 4.98 Å². The standard InChI is InChI=1S/C16H20N2O2S/c1-19-13-5-4-11-7-12(16(17)18-15(11)8-13)9-21-10-14-3-2-6-20-14/h4-5,7-8,14H,2-3,6,9-10H2,1H3,(H2,17,18). The summed E-state index contributed by atoms with van der Waals surface area (Å²) in [6, 6.07) is 8.01. The van der Waals surface area contributed by atoms with Crippen LogP contribution in [0, 0.1) is 0 Å². The number of hydrogen-bond acceptors (Lipinski definition) is 5. The second-order valence-corrected chi connectivity index (χ2v) is 6.27. The van der Waals surface area contributed by atoms with Gasteiger partial charge in [-0.15, -0.1) is 0 Å². The Morgan fingerprint density at radius 3 is 3.10 bits per heavy atom. The smallest absolute Gasteiger partial charge is 0.128 e. The molecule has 0 spiro atoms. The molecule has 2 N–H and O–H groups in total. The fourth-order valence-electron chi connectivity index (χ4n) is 2.52. The first kappa shape index (κ1) is 14.5. The zero-order valence-electron chi connectivity index (χ0n) is 12.2. The molecule has 1 aromatic heterocycles. The summed E-state index contributed by atoms with van der Waals surface area (Å²) in [7, 11) is 1.65.